The second-order valence-electron chi connectivity index (χ2n) is 4.63. The van der Waals surface area contributed by atoms with Gasteiger partial charge in [-0.05, 0) is 24.1 Å². The first-order valence-electron chi connectivity index (χ1n) is 5.99. The van der Waals surface area contributed by atoms with Gasteiger partial charge >= 0.3 is 5.97 Å². The zero-order chi connectivity index (χ0) is 15.3. The van der Waals surface area contributed by atoms with E-state index in [1.54, 1.807) is 6.07 Å². The molecular formula is C13H16BrNO4S. The summed E-state index contributed by atoms with van der Waals surface area (Å²) in [5, 5.41) is 11.7. The second-order valence-corrected chi connectivity index (χ2v) is 6.97. The van der Waals surface area contributed by atoms with Gasteiger partial charge in [0.05, 0.1) is 21.3 Å². The van der Waals surface area contributed by atoms with Crippen LogP contribution in [-0.2, 0) is 15.6 Å². The summed E-state index contributed by atoms with van der Waals surface area (Å²) in [4.78, 5) is 22.9. The molecule has 0 saturated carbocycles. The van der Waals surface area contributed by atoms with E-state index in [1.165, 1.54) is 12.1 Å². The highest BCUT2D eigenvalue weighted by atomic mass is 79.9. The molecule has 1 unspecified atom stereocenters. The molecule has 0 radical (unpaired) electrons. The Hall–Kier alpha value is -1.21. The van der Waals surface area contributed by atoms with E-state index in [0.717, 1.165) is 0 Å². The van der Waals surface area contributed by atoms with Crippen molar-refractivity contribution in [2.75, 3.05) is 12.3 Å². The van der Waals surface area contributed by atoms with Gasteiger partial charge in [-0.3, -0.25) is 9.00 Å². The maximum absolute atomic E-state index is 12.1. The average Bonchev–Trinajstić information content (AvgIpc) is 2.35. The number of rotatable bonds is 6. The molecule has 0 aliphatic heterocycles. The van der Waals surface area contributed by atoms with Gasteiger partial charge in [0.25, 0.3) is 0 Å². The lowest BCUT2D eigenvalue weighted by Gasteiger charge is -2.09. The SMILES string of the molecule is CC(C)CNC(=O)CS(=O)c1cc(Br)ccc1C(=O)O. The van der Waals surface area contributed by atoms with E-state index in [9.17, 15) is 13.8 Å². The molecule has 1 amide bonds. The average molecular weight is 362 g/mol. The summed E-state index contributed by atoms with van der Waals surface area (Å²) in [5.41, 5.74) is -0.0526. The summed E-state index contributed by atoms with van der Waals surface area (Å²) < 4.78 is 12.8. The largest absolute Gasteiger partial charge is 0.478 e. The Bertz CT molecular complexity index is 545. The highest BCUT2D eigenvalue weighted by Gasteiger charge is 2.18. The van der Waals surface area contributed by atoms with Gasteiger partial charge in [0.2, 0.25) is 5.91 Å². The molecule has 0 aliphatic carbocycles. The van der Waals surface area contributed by atoms with Crippen molar-refractivity contribution in [3.8, 4) is 0 Å². The molecule has 1 aromatic rings. The summed E-state index contributed by atoms with van der Waals surface area (Å²) in [6, 6.07) is 4.39. The Morgan fingerprint density at radius 2 is 2.05 bits per heavy atom. The van der Waals surface area contributed by atoms with Crippen LogP contribution in [0, 0.1) is 5.92 Å². The van der Waals surface area contributed by atoms with Crippen LogP contribution in [0.2, 0.25) is 0 Å². The van der Waals surface area contributed by atoms with Gasteiger partial charge in [-0.15, -0.1) is 0 Å². The molecule has 0 fully saturated rings. The van der Waals surface area contributed by atoms with Crippen LogP contribution in [0.1, 0.15) is 24.2 Å². The lowest BCUT2D eigenvalue weighted by atomic mass is 10.2. The van der Waals surface area contributed by atoms with Gasteiger partial charge in [0.1, 0.15) is 5.75 Å². The van der Waals surface area contributed by atoms with Gasteiger partial charge in [0, 0.05) is 11.0 Å². The summed E-state index contributed by atoms with van der Waals surface area (Å²) >= 11 is 3.20. The zero-order valence-corrected chi connectivity index (χ0v) is 13.6. The number of carboxylic acid groups (broad SMARTS) is 1. The van der Waals surface area contributed by atoms with E-state index in [2.05, 4.69) is 21.2 Å². The van der Waals surface area contributed by atoms with Crippen LogP contribution in [0.25, 0.3) is 0 Å². The number of hydrogen-bond acceptors (Lipinski definition) is 3. The topological polar surface area (TPSA) is 83.5 Å². The summed E-state index contributed by atoms with van der Waals surface area (Å²) in [6.07, 6.45) is 0. The number of amides is 1. The van der Waals surface area contributed by atoms with E-state index < -0.39 is 16.8 Å². The number of halogens is 1. The van der Waals surface area contributed by atoms with E-state index >= 15 is 0 Å². The molecule has 1 atom stereocenters. The van der Waals surface area contributed by atoms with Crippen LogP contribution >= 0.6 is 15.9 Å². The summed E-state index contributed by atoms with van der Waals surface area (Å²) in [6.45, 7) is 4.41. The Morgan fingerprint density at radius 3 is 2.60 bits per heavy atom. The maximum atomic E-state index is 12.1. The predicted octanol–water partition coefficient (Wildman–Crippen LogP) is 2.03. The van der Waals surface area contributed by atoms with Crippen LogP contribution in [-0.4, -0.2) is 33.5 Å². The van der Waals surface area contributed by atoms with Crippen LogP contribution in [0.3, 0.4) is 0 Å². The van der Waals surface area contributed by atoms with Gasteiger partial charge in [0.15, 0.2) is 0 Å². The zero-order valence-electron chi connectivity index (χ0n) is 11.2. The van der Waals surface area contributed by atoms with Gasteiger partial charge in [-0.2, -0.15) is 0 Å². The fourth-order valence-electron chi connectivity index (χ4n) is 1.43. The summed E-state index contributed by atoms with van der Waals surface area (Å²) in [5.74, 6) is -1.46. The van der Waals surface area contributed by atoms with E-state index in [-0.39, 0.29) is 22.1 Å². The van der Waals surface area contributed by atoms with Crippen molar-refractivity contribution in [3.63, 3.8) is 0 Å². The number of hydrogen-bond donors (Lipinski definition) is 2. The van der Waals surface area contributed by atoms with Crippen LogP contribution in [0.15, 0.2) is 27.6 Å². The molecule has 110 valence electrons. The third-order valence-corrected chi connectivity index (χ3v) is 4.23. The predicted molar refractivity (Wildman–Crippen MR) is 80.2 cm³/mol. The molecule has 0 spiro atoms. The molecule has 0 aliphatic rings. The van der Waals surface area contributed by atoms with Crippen LogP contribution < -0.4 is 5.32 Å². The third kappa shape index (κ3) is 5.05. The van der Waals surface area contributed by atoms with Crippen molar-refractivity contribution < 1.29 is 18.9 Å². The number of nitrogens with one attached hydrogen (secondary N) is 1. The van der Waals surface area contributed by atoms with Crippen molar-refractivity contribution in [2.45, 2.75) is 18.7 Å². The van der Waals surface area contributed by atoms with E-state index in [1.807, 2.05) is 13.8 Å². The number of aromatic carboxylic acids is 1. The number of carboxylic acids is 1. The molecule has 5 nitrogen and oxygen atoms in total. The van der Waals surface area contributed by atoms with Crippen LogP contribution in [0.5, 0.6) is 0 Å². The van der Waals surface area contributed by atoms with Gasteiger partial charge in [-0.25, -0.2) is 4.79 Å². The Balaban J connectivity index is 2.84. The van der Waals surface area contributed by atoms with Crippen molar-refractivity contribution in [1.82, 2.24) is 5.32 Å². The first-order chi connectivity index (χ1) is 9.31. The van der Waals surface area contributed by atoms with Crippen molar-refractivity contribution in [1.29, 1.82) is 0 Å². The lowest BCUT2D eigenvalue weighted by molar-refractivity contribution is -0.118. The van der Waals surface area contributed by atoms with Crippen molar-refractivity contribution in [3.05, 3.63) is 28.2 Å². The Kier molecular flexibility index (Phi) is 6.35. The minimum Gasteiger partial charge on any atom is -0.478 e. The monoisotopic (exact) mass is 361 g/mol. The summed E-state index contributed by atoms with van der Waals surface area (Å²) in [7, 11) is -1.69. The van der Waals surface area contributed by atoms with Crippen LogP contribution in [0.4, 0.5) is 0 Å². The van der Waals surface area contributed by atoms with Gasteiger partial charge in [-0.1, -0.05) is 29.8 Å². The molecule has 7 heteroatoms. The molecule has 0 bridgehead atoms. The minimum absolute atomic E-state index is 0.0526. The van der Waals surface area contributed by atoms with E-state index in [4.69, 9.17) is 5.11 Å². The minimum atomic E-state index is -1.69. The first kappa shape index (κ1) is 16.8. The number of benzene rings is 1. The third-order valence-electron chi connectivity index (χ3n) is 2.39. The molecule has 0 heterocycles. The normalized spacial score (nSPS) is 12.2. The fourth-order valence-corrected chi connectivity index (χ4v) is 3.09. The lowest BCUT2D eigenvalue weighted by Crippen LogP contribution is -2.31. The molecule has 0 saturated heterocycles. The first-order valence-corrected chi connectivity index (χ1v) is 8.10. The highest BCUT2D eigenvalue weighted by molar-refractivity contribution is 9.10. The number of carbonyl (C=O) groups excluding carboxylic acids is 1. The number of carbonyl (C=O) groups is 2. The molecule has 1 aromatic carbocycles. The quantitative estimate of drug-likeness (QED) is 0.811. The van der Waals surface area contributed by atoms with Gasteiger partial charge < -0.3 is 10.4 Å². The molecule has 1 rings (SSSR count). The van der Waals surface area contributed by atoms with Crippen molar-refractivity contribution in [2.24, 2.45) is 5.92 Å². The Labute approximate surface area is 128 Å². The second kappa shape index (κ2) is 7.54. The maximum Gasteiger partial charge on any atom is 0.336 e. The smallest absolute Gasteiger partial charge is 0.336 e. The molecule has 0 aromatic heterocycles. The molecule has 20 heavy (non-hydrogen) atoms. The fraction of sp³-hybridized carbons (Fsp3) is 0.385. The molecule has 2 N–H and O–H groups in total. The Morgan fingerprint density at radius 1 is 1.40 bits per heavy atom. The molecular weight excluding hydrogens is 346 g/mol. The highest BCUT2D eigenvalue weighted by Crippen LogP contribution is 2.20. The standard InChI is InChI=1S/C13H16BrNO4S/c1-8(2)6-15-12(16)7-20(19)11-5-9(14)3-4-10(11)13(17)18/h3-5,8H,6-7H2,1-2H3,(H,15,16)(H,17,18). The van der Waals surface area contributed by atoms with Crippen molar-refractivity contribution >= 4 is 38.6 Å². The van der Waals surface area contributed by atoms with E-state index in [0.29, 0.717) is 16.9 Å².